The van der Waals surface area contributed by atoms with Crippen LogP contribution in [0.4, 0.5) is 9.59 Å². The lowest BCUT2D eigenvalue weighted by Crippen LogP contribution is -2.57. The minimum Gasteiger partial charge on any atom is -0.445 e. The van der Waals surface area contributed by atoms with Crippen LogP contribution in [0.5, 0.6) is 0 Å². The predicted molar refractivity (Wildman–Crippen MR) is 190 cm³/mol. The molecule has 0 saturated carbocycles. The van der Waals surface area contributed by atoms with Crippen LogP contribution in [0, 0.1) is 10.8 Å². The summed E-state index contributed by atoms with van der Waals surface area (Å²) in [5.74, 6) is -1.62. The van der Waals surface area contributed by atoms with Crippen molar-refractivity contribution in [3.8, 4) is 0 Å². The molecule has 6 N–H and O–H groups in total. The highest BCUT2D eigenvalue weighted by atomic mass is 16.7. The number of rotatable bonds is 14. The van der Waals surface area contributed by atoms with E-state index in [1.165, 1.54) is 0 Å². The Morgan fingerprint density at radius 1 is 0.824 bits per heavy atom. The van der Waals surface area contributed by atoms with Crippen LogP contribution < -0.4 is 21.3 Å². The Balaban J connectivity index is 0.000000356. The molecule has 1 saturated heterocycles. The number of carbonyl (C=O) groups is 4. The number of alkyl carbamates (subject to hydrolysis) is 2. The average molecular weight is 717 g/mol. The van der Waals surface area contributed by atoms with E-state index in [9.17, 15) is 24.3 Å². The molecule has 4 amide bonds. The van der Waals surface area contributed by atoms with Crippen LogP contribution in [-0.2, 0) is 41.8 Å². The molecule has 1 heterocycles. The van der Waals surface area contributed by atoms with Gasteiger partial charge in [-0.1, -0.05) is 88.4 Å². The fourth-order valence-electron chi connectivity index (χ4n) is 4.49. The Morgan fingerprint density at radius 3 is 1.73 bits per heavy atom. The van der Waals surface area contributed by atoms with Crippen molar-refractivity contribution in [3.63, 3.8) is 0 Å². The molecule has 1 fully saturated rings. The average Bonchev–Trinajstić information content (AvgIpc) is 3.09. The Hall–Kier alpha value is -4.24. The summed E-state index contributed by atoms with van der Waals surface area (Å²) < 4.78 is 21.7. The molecule has 51 heavy (non-hydrogen) atoms. The van der Waals surface area contributed by atoms with E-state index >= 15 is 0 Å². The van der Waals surface area contributed by atoms with E-state index < -0.39 is 46.9 Å². The SMILES string of the molecule is C[C@@H](CNC(=O)[C@@H]1OC(C)(C)OCC1(C)C)NC(=O)OCc1ccccc1.C[C@@H](CNC(=O)[C@H](O)C(C)(C)CO)NC(=O)OCc1ccccc1. The van der Waals surface area contributed by atoms with Gasteiger partial charge < -0.3 is 50.4 Å². The molecule has 0 radical (unpaired) electrons. The first-order valence-corrected chi connectivity index (χ1v) is 17.0. The van der Waals surface area contributed by atoms with Gasteiger partial charge in [-0.2, -0.15) is 0 Å². The Labute approximate surface area is 301 Å². The van der Waals surface area contributed by atoms with Crippen LogP contribution in [0.25, 0.3) is 0 Å². The minimum atomic E-state index is -1.33. The van der Waals surface area contributed by atoms with Crippen molar-refractivity contribution in [1.82, 2.24) is 21.3 Å². The predicted octanol–water partition coefficient (Wildman–Crippen LogP) is 3.39. The lowest BCUT2D eigenvalue weighted by atomic mass is 9.85. The molecule has 0 aromatic heterocycles. The number of nitrogens with one attached hydrogen (secondary N) is 4. The standard InChI is InChI=1S/C20H30N2O5.C17H26N2O5/c1-14(22-18(24)25-12-15-9-7-6-8-10-15)11-21-17(23)16-19(2,3)13-26-20(4,5)27-16;1-12(9-18-15(22)14(21)17(2,3)11-20)19-16(23)24-10-13-7-5-4-6-8-13/h6-10,14,16H,11-13H2,1-5H3,(H,21,23)(H,22,24);4-8,12,14,20-21H,9-11H2,1-3H3,(H,18,22)(H,19,23)/t14-,16-;12-,14-/m00/s1. The van der Waals surface area contributed by atoms with Crippen molar-refractivity contribution in [2.45, 2.75) is 98.7 Å². The highest BCUT2D eigenvalue weighted by Gasteiger charge is 2.45. The molecular weight excluding hydrogens is 660 g/mol. The number of amides is 4. The number of hydrogen-bond donors (Lipinski definition) is 6. The number of benzene rings is 2. The monoisotopic (exact) mass is 716 g/mol. The van der Waals surface area contributed by atoms with Gasteiger partial charge in [-0.25, -0.2) is 9.59 Å². The zero-order valence-electron chi connectivity index (χ0n) is 31.0. The third kappa shape index (κ3) is 15.7. The molecule has 0 bridgehead atoms. The maximum Gasteiger partial charge on any atom is 0.407 e. The quantitative estimate of drug-likeness (QED) is 0.169. The summed E-state index contributed by atoms with van der Waals surface area (Å²) in [5, 5.41) is 29.7. The zero-order chi connectivity index (χ0) is 38.2. The molecule has 2 aromatic rings. The molecule has 1 aliphatic rings. The van der Waals surface area contributed by atoms with Crippen molar-refractivity contribution >= 4 is 24.0 Å². The lowest BCUT2D eigenvalue weighted by Gasteiger charge is -2.44. The van der Waals surface area contributed by atoms with Crippen molar-refractivity contribution in [3.05, 3.63) is 71.8 Å². The Bertz CT molecular complexity index is 1390. The van der Waals surface area contributed by atoms with E-state index in [4.69, 9.17) is 24.1 Å². The summed E-state index contributed by atoms with van der Waals surface area (Å²) in [4.78, 5) is 48.0. The molecule has 0 aliphatic carbocycles. The van der Waals surface area contributed by atoms with Gasteiger partial charge in [0.15, 0.2) is 5.79 Å². The van der Waals surface area contributed by atoms with E-state index in [1.54, 1.807) is 41.5 Å². The molecular formula is C37H56N4O10. The summed E-state index contributed by atoms with van der Waals surface area (Å²) in [6.07, 6.45) is -3.07. The molecule has 0 unspecified atom stereocenters. The molecule has 3 rings (SSSR count). The van der Waals surface area contributed by atoms with Crippen molar-refractivity contribution in [2.24, 2.45) is 10.8 Å². The van der Waals surface area contributed by atoms with Gasteiger partial charge in [-0.3, -0.25) is 9.59 Å². The van der Waals surface area contributed by atoms with E-state index in [0.29, 0.717) is 6.61 Å². The number of aliphatic hydroxyl groups excluding tert-OH is 2. The molecule has 4 atom stereocenters. The second-order valence-electron chi connectivity index (χ2n) is 14.4. The summed E-state index contributed by atoms with van der Waals surface area (Å²) in [6, 6.07) is 18.1. The normalized spacial score (nSPS) is 18.0. The van der Waals surface area contributed by atoms with E-state index in [1.807, 2.05) is 74.5 Å². The van der Waals surface area contributed by atoms with Crippen LogP contribution in [0.2, 0.25) is 0 Å². The lowest BCUT2D eigenvalue weighted by molar-refractivity contribution is -0.304. The summed E-state index contributed by atoms with van der Waals surface area (Å²) in [5.41, 5.74) is 0.415. The van der Waals surface area contributed by atoms with Crippen LogP contribution in [0.1, 0.15) is 66.5 Å². The molecule has 2 aromatic carbocycles. The maximum atomic E-state index is 12.6. The van der Waals surface area contributed by atoms with E-state index in [0.717, 1.165) is 11.1 Å². The molecule has 14 heteroatoms. The number of hydrogen-bond acceptors (Lipinski definition) is 10. The van der Waals surface area contributed by atoms with Gasteiger partial charge in [0.25, 0.3) is 0 Å². The third-order valence-electron chi connectivity index (χ3n) is 7.86. The summed E-state index contributed by atoms with van der Waals surface area (Å²) in [7, 11) is 0. The largest absolute Gasteiger partial charge is 0.445 e. The van der Waals surface area contributed by atoms with Gasteiger partial charge in [0.2, 0.25) is 11.8 Å². The third-order valence-corrected chi connectivity index (χ3v) is 7.86. The van der Waals surface area contributed by atoms with E-state index in [2.05, 4.69) is 21.3 Å². The highest BCUT2D eigenvalue weighted by molar-refractivity contribution is 5.82. The molecule has 1 aliphatic heterocycles. The Morgan fingerprint density at radius 2 is 1.27 bits per heavy atom. The van der Waals surface area contributed by atoms with Crippen molar-refractivity contribution in [1.29, 1.82) is 0 Å². The number of carbonyl (C=O) groups excluding carboxylic acids is 4. The summed E-state index contributed by atoms with van der Waals surface area (Å²) in [6.45, 7) is 15.0. The minimum absolute atomic E-state index is 0.137. The second kappa shape index (κ2) is 20.0. The van der Waals surface area contributed by atoms with Gasteiger partial charge in [0, 0.05) is 36.0 Å². The van der Waals surface area contributed by atoms with Crippen molar-refractivity contribution in [2.75, 3.05) is 26.3 Å². The van der Waals surface area contributed by atoms with Crippen molar-refractivity contribution < 1.29 is 48.3 Å². The van der Waals surface area contributed by atoms with Crippen LogP contribution in [-0.4, -0.2) is 90.6 Å². The zero-order valence-corrected chi connectivity index (χ0v) is 31.0. The Kier molecular flexibility index (Phi) is 16.8. The molecule has 14 nitrogen and oxygen atoms in total. The topological polar surface area (TPSA) is 194 Å². The number of ether oxygens (including phenoxy) is 4. The van der Waals surface area contributed by atoms with Gasteiger partial charge in [-0.15, -0.1) is 0 Å². The number of aliphatic hydroxyl groups is 2. The van der Waals surface area contributed by atoms with Gasteiger partial charge >= 0.3 is 12.2 Å². The van der Waals surface area contributed by atoms with Crippen LogP contribution in [0.3, 0.4) is 0 Å². The fraction of sp³-hybridized carbons (Fsp3) is 0.568. The fourth-order valence-corrected chi connectivity index (χ4v) is 4.49. The first-order chi connectivity index (χ1) is 23.8. The van der Waals surface area contributed by atoms with Gasteiger partial charge in [-0.05, 0) is 38.8 Å². The second-order valence-corrected chi connectivity index (χ2v) is 14.4. The first kappa shape index (κ1) is 42.9. The van der Waals surface area contributed by atoms with Gasteiger partial charge in [0.1, 0.15) is 25.4 Å². The highest BCUT2D eigenvalue weighted by Crippen LogP contribution is 2.34. The van der Waals surface area contributed by atoms with Gasteiger partial charge in [0.05, 0.1) is 13.2 Å². The smallest absolute Gasteiger partial charge is 0.407 e. The van der Waals surface area contributed by atoms with Crippen LogP contribution in [0.15, 0.2) is 60.7 Å². The molecule has 0 spiro atoms. The van der Waals surface area contributed by atoms with Crippen LogP contribution >= 0.6 is 0 Å². The first-order valence-electron chi connectivity index (χ1n) is 17.0. The van der Waals surface area contributed by atoms with E-state index in [-0.39, 0.29) is 50.9 Å². The summed E-state index contributed by atoms with van der Waals surface area (Å²) >= 11 is 0. The molecule has 284 valence electrons. The maximum absolute atomic E-state index is 12.6.